The second-order valence-corrected chi connectivity index (χ2v) is 3.82. The summed E-state index contributed by atoms with van der Waals surface area (Å²) in [6.45, 7) is 3.47. The van der Waals surface area contributed by atoms with E-state index in [9.17, 15) is 4.39 Å². The monoisotopic (exact) mass is 239 g/mol. The van der Waals surface area contributed by atoms with E-state index in [2.05, 4.69) is 17.4 Å². The molecule has 5 heteroatoms. The van der Waals surface area contributed by atoms with Crippen LogP contribution in [0.1, 0.15) is 30.9 Å². The maximum Gasteiger partial charge on any atom is 0.170 e. The highest BCUT2D eigenvalue weighted by Gasteiger charge is 2.05. The van der Waals surface area contributed by atoms with Crippen molar-refractivity contribution >= 4 is 5.84 Å². The second kappa shape index (κ2) is 6.85. The molecule has 0 spiro atoms. The molecule has 0 saturated heterocycles. The first kappa shape index (κ1) is 13.4. The molecule has 0 heterocycles. The van der Waals surface area contributed by atoms with Crippen LogP contribution < -0.4 is 11.1 Å². The molecule has 17 heavy (non-hydrogen) atoms. The molecule has 4 N–H and O–H groups in total. The summed E-state index contributed by atoms with van der Waals surface area (Å²) >= 11 is 0. The second-order valence-electron chi connectivity index (χ2n) is 3.82. The fourth-order valence-corrected chi connectivity index (χ4v) is 1.43. The van der Waals surface area contributed by atoms with Crippen molar-refractivity contribution in [1.82, 2.24) is 5.32 Å². The number of oxime groups is 1. The molecule has 0 aliphatic rings. The molecule has 0 unspecified atom stereocenters. The van der Waals surface area contributed by atoms with Gasteiger partial charge >= 0.3 is 0 Å². The molecule has 0 aliphatic carbocycles. The van der Waals surface area contributed by atoms with Crippen molar-refractivity contribution in [2.75, 3.05) is 6.54 Å². The minimum Gasteiger partial charge on any atom is -0.409 e. The highest BCUT2D eigenvalue weighted by molar-refractivity contribution is 5.97. The van der Waals surface area contributed by atoms with Crippen LogP contribution in [0.2, 0.25) is 0 Å². The average molecular weight is 239 g/mol. The molecule has 0 aromatic heterocycles. The Balaban J connectivity index is 2.63. The Kier molecular flexibility index (Phi) is 5.42. The van der Waals surface area contributed by atoms with E-state index in [1.807, 2.05) is 0 Å². The van der Waals surface area contributed by atoms with Gasteiger partial charge in [-0.25, -0.2) is 4.39 Å². The quantitative estimate of drug-likeness (QED) is 0.233. The maximum atomic E-state index is 13.6. The van der Waals surface area contributed by atoms with E-state index in [1.165, 1.54) is 6.07 Å². The van der Waals surface area contributed by atoms with Gasteiger partial charge in [0.1, 0.15) is 5.82 Å². The van der Waals surface area contributed by atoms with Gasteiger partial charge < -0.3 is 16.3 Å². The molecule has 94 valence electrons. The summed E-state index contributed by atoms with van der Waals surface area (Å²) in [5, 5.41) is 14.5. The van der Waals surface area contributed by atoms with Crippen LogP contribution in [-0.2, 0) is 6.54 Å². The highest BCUT2D eigenvalue weighted by atomic mass is 19.1. The van der Waals surface area contributed by atoms with E-state index in [0.717, 1.165) is 19.4 Å². The van der Waals surface area contributed by atoms with Gasteiger partial charge in [0.2, 0.25) is 0 Å². The topological polar surface area (TPSA) is 70.6 Å². The molecule has 1 aromatic carbocycles. The Morgan fingerprint density at radius 3 is 2.88 bits per heavy atom. The fourth-order valence-electron chi connectivity index (χ4n) is 1.43. The van der Waals surface area contributed by atoms with Crippen LogP contribution in [0.4, 0.5) is 4.39 Å². The third-order valence-electron chi connectivity index (χ3n) is 2.48. The van der Waals surface area contributed by atoms with E-state index in [1.54, 1.807) is 12.1 Å². The summed E-state index contributed by atoms with van der Waals surface area (Å²) in [6, 6.07) is 4.54. The summed E-state index contributed by atoms with van der Waals surface area (Å²) < 4.78 is 13.6. The number of hydrogen-bond acceptors (Lipinski definition) is 3. The number of hydrogen-bond donors (Lipinski definition) is 3. The summed E-state index contributed by atoms with van der Waals surface area (Å²) in [5.41, 5.74) is 6.33. The van der Waals surface area contributed by atoms with Crippen LogP contribution >= 0.6 is 0 Å². The minimum absolute atomic E-state index is 0.0885. The predicted molar refractivity (Wildman–Crippen MR) is 65.5 cm³/mol. The Bertz CT molecular complexity index is 393. The average Bonchev–Trinajstić information content (AvgIpc) is 2.35. The molecular weight excluding hydrogens is 221 g/mol. The first-order valence-electron chi connectivity index (χ1n) is 5.66. The van der Waals surface area contributed by atoms with E-state index >= 15 is 0 Å². The zero-order valence-corrected chi connectivity index (χ0v) is 9.91. The Morgan fingerprint density at radius 1 is 1.53 bits per heavy atom. The standard InChI is InChI=1S/C12H18FN3O/c1-2-3-6-15-8-10-5-4-9(7-11(10)13)12(14)16-17/h4-5,7,15,17H,2-3,6,8H2,1H3,(H2,14,16). The van der Waals surface area contributed by atoms with Crippen molar-refractivity contribution in [2.45, 2.75) is 26.3 Å². The van der Waals surface area contributed by atoms with Gasteiger partial charge in [-0.1, -0.05) is 30.6 Å². The van der Waals surface area contributed by atoms with E-state index < -0.39 is 0 Å². The van der Waals surface area contributed by atoms with Crippen molar-refractivity contribution in [2.24, 2.45) is 10.9 Å². The van der Waals surface area contributed by atoms with E-state index in [0.29, 0.717) is 17.7 Å². The smallest absolute Gasteiger partial charge is 0.170 e. The number of nitrogens with two attached hydrogens (primary N) is 1. The summed E-state index contributed by atoms with van der Waals surface area (Å²) in [7, 11) is 0. The maximum absolute atomic E-state index is 13.6. The molecule has 0 amide bonds. The van der Waals surface area contributed by atoms with Crippen LogP contribution in [0.25, 0.3) is 0 Å². The van der Waals surface area contributed by atoms with Crippen LogP contribution in [0.5, 0.6) is 0 Å². The lowest BCUT2D eigenvalue weighted by molar-refractivity contribution is 0.318. The van der Waals surface area contributed by atoms with E-state index in [4.69, 9.17) is 10.9 Å². The summed E-state index contributed by atoms with van der Waals surface area (Å²) in [5.74, 6) is -0.438. The van der Waals surface area contributed by atoms with Gasteiger partial charge in [-0.05, 0) is 19.0 Å². The normalized spacial score (nSPS) is 11.8. The number of unbranched alkanes of at least 4 members (excludes halogenated alkanes) is 1. The van der Waals surface area contributed by atoms with Gasteiger partial charge in [-0.2, -0.15) is 0 Å². The van der Waals surface area contributed by atoms with E-state index in [-0.39, 0.29) is 11.7 Å². The molecule has 4 nitrogen and oxygen atoms in total. The number of nitrogens with zero attached hydrogens (tertiary/aromatic N) is 1. The van der Waals surface area contributed by atoms with Crippen LogP contribution in [-0.4, -0.2) is 17.6 Å². The first-order valence-corrected chi connectivity index (χ1v) is 5.66. The summed E-state index contributed by atoms with van der Waals surface area (Å²) in [4.78, 5) is 0. The van der Waals surface area contributed by atoms with Crippen LogP contribution in [0.15, 0.2) is 23.4 Å². The lowest BCUT2D eigenvalue weighted by atomic mass is 10.1. The molecule has 0 bridgehead atoms. The van der Waals surface area contributed by atoms with Gasteiger partial charge in [-0.15, -0.1) is 0 Å². The van der Waals surface area contributed by atoms with Crippen LogP contribution in [0, 0.1) is 5.82 Å². The highest BCUT2D eigenvalue weighted by Crippen LogP contribution is 2.10. The Morgan fingerprint density at radius 2 is 2.29 bits per heavy atom. The third-order valence-corrected chi connectivity index (χ3v) is 2.48. The molecule has 0 atom stereocenters. The predicted octanol–water partition coefficient (Wildman–Crippen LogP) is 1.81. The Hall–Kier alpha value is -1.62. The van der Waals surface area contributed by atoms with Crippen molar-refractivity contribution in [3.63, 3.8) is 0 Å². The minimum atomic E-state index is -0.349. The third kappa shape index (κ3) is 4.03. The van der Waals surface area contributed by atoms with Crippen molar-refractivity contribution < 1.29 is 9.60 Å². The number of halogens is 1. The van der Waals surface area contributed by atoms with Gasteiger partial charge in [0.15, 0.2) is 5.84 Å². The van der Waals surface area contributed by atoms with Crippen molar-refractivity contribution in [3.05, 3.63) is 35.1 Å². The molecule has 0 radical (unpaired) electrons. The molecule has 0 saturated carbocycles. The molecular formula is C12H18FN3O. The van der Waals surface area contributed by atoms with Crippen molar-refractivity contribution in [3.8, 4) is 0 Å². The zero-order chi connectivity index (χ0) is 12.7. The number of benzene rings is 1. The number of nitrogens with one attached hydrogen (secondary N) is 1. The molecule has 1 aromatic rings. The molecule has 1 rings (SSSR count). The van der Waals surface area contributed by atoms with Crippen LogP contribution in [0.3, 0.4) is 0 Å². The Labute approximate surface area is 100 Å². The fraction of sp³-hybridized carbons (Fsp3) is 0.417. The summed E-state index contributed by atoms with van der Waals surface area (Å²) in [6.07, 6.45) is 2.18. The van der Waals surface area contributed by atoms with Gasteiger partial charge in [0.25, 0.3) is 0 Å². The van der Waals surface area contributed by atoms with Crippen molar-refractivity contribution in [1.29, 1.82) is 0 Å². The SMILES string of the molecule is CCCCNCc1ccc(C(N)=NO)cc1F. The number of amidine groups is 1. The van der Waals surface area contributed by atoms with Gasteiger partial charge in [-0.3, -0.25) is 0 Å². The largest absolute Gasteiger partial charge is 0.409 e. The lowest BCUT2D eigenvalue weighted by Gasteiger charge is -2.07. The van der Waals surface area contributed by atoms with Gasteiger partial charge in [0.05, 0.1) is 0 Å². The zero-order valence-electron chi connectivity index (χ0n) is 9.91. The lowest BCUT2D eigenvalue weighted by Crippen LogP contribution is -2.17. The molecule has 0 fully saturated rings. The first-order chi connectivity index (χ1) is 8.19. The number of rotatable bonds is 6. The molecule has 0 aliphatic heterocycles. The van der Waals surface area contributed by atoms with Gasteiger partial charge in [0, 0.05) is 17.7 Å².